The minimum Gasteiger partial charge on any atom is -0.466 e. The van der Waals surface area contributed by atoms with Crippen molar-refractivity contribution in [3.63, 3.8) is 0 Å². The largest absolute Gasteiger partial charge is 0.466 e. The molecule has 0 saturated carbocycles. The molecule has 0 radical (unpaired) electrons. The average Bonchev–Trinajstić information content (AvgIpc) is 3.12. The third-order valence-corrected chi connectivity index (χ3v) is 5.49. The summed E-state index contributed by atoms with van der Waals surface area (Å²) in [6, 6.07) is 6.13. The Kier molecular flexibility index (Phi) is 7.24. The van der Waals surface area contributed by atoms with Gasteiger partial charge in [0.1, 0.15) is 5.82 Å². The number of carbonyl (C=O) groups excluding carboxylic acids is 2. The fraction of sp³-hybridized carbons (Fsp3) is 0.522. The number of nitrogens with zero attached hydrogens (tertiary/aromatic N) is 3. The number of hydrogen-bond acceptors (Lipinski definition) is 4. The number of carbonyl (C=O) groups is 2. The molecule has 2 heterocycles. The predicted molar refractivity (Wildman–Crippen MR) is 112 cm³/mol. The van der Waals surface area contributed by atoms with Crippen LogP contribution in [0.3, 0.4) is 0 Å². The molecule has 0 N–H and O–H groups in total. The van der Waals surface area contributed by atoms with E-state index in [1.807, 2.05) is 6.92 Å². The third kappa shape index (κ3) is 4.55. The Hall–Kier alpha value is -2.70. The summed E-state index contributed by atoms with van der Waals surface area (Å²) in [5.41, 5.74) is 2.91. The molecule has 1 fully saturated rings. The molecule has 1 aromatic carbocycles. The van der Waals surface area contributed by atoms with Gasteiger partial charge in [-0.3, -0.25) is 9.59 Å². The molecule has 2 aromatic rings. The number of benzene rings is 1. The lowest BCUT2D eigenvalue weighted by Gasteiger charge is -2.31. The zero-order valence-corrected chi connectivity index (χ0v) is 18.0. The first-order valence-electron chi connectivity index (χ1n) is 10.8. The molecule has 1 unspecified atom stereocenters. The minimum absolute atomic E-state index is 0.0855. The highest BCUT2D eigenvalue weighted by atomic mass is 19.1. The molecule has 1 amide bonds. The SMILES string of the molecule is CCCc1nn(-c2ccc(F)cc2)c(CC)c1C(=O)N1CCCC(C(=O)OCC)C1. The van der Waals surface area contributed by atoms with Crippen LogP contribution in [-0.2, 0) is 22.4 Å². The number of ether oxygens (including phenoxy) is 1. The second kappa shape index (κ2) is 9.87. The molecular formula is C23H30FN3O3. The Morgan fingerprint density at radius 1 is 1.20 bits per heavy atom. The van der Waals surface area contributed by atoms with Crippen LogP contribution in [0.15, 0.2) is 24.3 Å². The van der Waals surface area contributed by atoms with Crippen molar-refractivity contribution in [3.05, 3.63) is 47.0 Å². The molecule has 30 heavy (non-hydrogen) atoms. The molecule has 0 bridgehead atoms. The van der Waals surface area contributed by atoms with Gasteiger partial charge in [-0.2, -0.15) is 5.10 Å². The van der Waals surface area contributed by atoms with Crippen LogP contribution in [0.2, 0.25) is 0 Å². The molecule has 1 aliphatic heterocycles. The number of aromatic nitrogens is 2. The standard InChI is InChI=1S/C23H30FN3O3/c1-4-8-19-21(20(5-2)27(25-19)18-12-10-17(24)11-13-18)22(28)26-14-7-9-16(15-26)23(29)30-6-3/h10-13,16H,4-9,14-15H2,1-3H3. The lowest BCUT2D eigenvalue weighted by Crippen LogP contribution is -2.43. The van der Waals surface area contributed by atoms with Gasteiger partial charge in [-0.25, -0.2) is 9.07 Å². The normalized spacial score (nSPS) is 16.5. The van der Waals surface area contributed by atoms with Gasteiger partial charge in [0.15, 0.2) is 0 Å². The molecule has 6 nitrogen and oxygen atoms in total. The van der Waals surface area contributed by atoms with E-state index >= 15 is 0 Å². The molecule has 0 spiro atoms. The van der Waals surface area contributed by atoms with Crippen LogP contribution in [0, 0.1) is 11.7 Å². The van der Waals surface area contributed by atoms with Crippen molar-refractivity contribution in [1.82, 2.24) is 14.7 Å². The van der Waals surface area contributed by atoms with Gasteiger partial charge in [0, 0.05) is 13.1 Å². The summed E-state index contributed by atoms with van der Waals surface area (Å²) in [5, 5.41) is 4.73. The molecule has 0 aliphatic carbocycles. The third-order valence-electron chi connectivity index (χ3n) is 5.49. The van der Waals surface area contributed by atoms with Crippen LogP contribution >= 0.6 is 0 Å². The highest BCUT2D eigenvalue weighted by Gasteiger charge is 2.33. The summed E-state index contributed by atoms with van der Waals surface area (Å²) in [5.74, 6) is -0.916. The highest BCUT2D eigenvalue weighted by Crippen LogP contribution is 2.26. The number of amides is 1. The van der Waals surface area contributed by atoms with Crippen molar-refractivity contribution in [2.45, 2.75) is 52.9 Å². The summed E-state index contributed by atoms with van der Waals surface area (Å²) in [7, 11) is 0. The van der Waals surface area contributed by atoms with E-state index < -0.39 is 0 Å². The second-order valence-electron chi connectivity index (χ2n) is 7.60. The van der Waals surface area contributed by atoms with Gasteiger partial charge in [0.2, 0.25) is 0 Å². The van der Waals surface area contributed by atoms with Crippen LogP contribution in [0.25, 0.3) is 5.69 Å². The van der Waals surface area contributed by atoms with Crippen molar-refractivity contribution in [3.8, 4) is 5.69 Å². The lowest BCUT2D eigenvalue weighted by molar-refractivity contribution is -0.149. The topological polar surface area (TPSA) is 64.4 Å². The van der Waals surface area contributed by atoms with Crippen molar-refractivity contribution in [1.29, 1.82) is 0 Å². The Balaban J connectivity index is 1.96. The van der Waals surface area contributed by atoms with Gasteiger partial charge < -0.3 is 9.64 Å². The van der Waals surface area contributed by atoms with Crippen LogP contribution < -0.4 is 0 Å². The van der Waals surface area contributed by atoms with Crippen LogP contribution in [0.4, 0.5) is 4.39 Å². The van der Waals surface area contributed by atoms with Crippen LogP contribution in [-0.4, -0.2) is 46.3 Å². The summed E-state index contributed by atoms with van der Waals surface area (Å²) in [6.45, 7) is 7.15. The van der Waals surface area contributed by atoms with E-state index in [4.69, 9.17) is 9.84 Å². The monoisotopic (exact) mass is 415 g/mol. The fourth-order valence-corrected chi connectivity index (χ4v) is 4.06. The van der Waals surface area contributed by atoms with E-state index in [9.17, 15) is 14.0 Å². The fourth-order valence-electron chi connectivity index (χ4n) is 4.06. The first-order chi connectivity index (χ1) is 14.5. The number of esters is 1. The van der Waals surface area contributed by atoms with Gasteiger partial charge in [0.25, 0.3) is 5.91 Å². The highest BCUT2D eigenvalue weighted by molar-refractivity contribution is 5.97. The number of likely N-dealkylation sites (tertiary alicyclic amines) is 1. The maximum Gasteiger partial charge on any atom is 0.310 e. The number of aryl methyl sites for hydroxylation is 1. The lowest BCUT2D eigenvalue weighted by atomic mass is 9.96. The van der Waals surface area contributed by atoms with Crippen molar-refractivity contribution >= 4 is 11.9 Å². The Morgan fingerprint density at radius 2 is 1.93 bits per heavy atom. The summed E-state index contributed by atoms with van der Waals surface area (Å²) < 4.78 is 20.3. The summed E-state index contributed by atoms with van der Waals surface area (Å²) in [4.78, 5) is 27.5. The number of rotatable bonds is 7. The first-order valence-corrected chi connectivity index (χ1v) is 10.8. The Morgan fingerprint density at radius 3 is 2.57 bits per heavy atom. The molecule has 1 aromatic heterocycles. The van der Waals surface area contributed by atoms with E-state index in [0.717, 1.165) is 36.3 Å². The molecule has 1 atom stereocenters. The van der Waals surface area contributed by atoms with Gasteiger partial charge in [-0.15, -0.1) is 0 Å². The zero-order chi connectivity index (χ0) is 21.7. The molecule has 3 rings (SSSR count). The van der Waals surface area contributed by atoms with Gasteiger partial charge in [-0.05, 0) is 56.9 Å². The molecular weight excluding hydrogens is 385 g/mol. The van der Waals surface area contributed by atoms with E-state index in [1.165, 1.54) is 12.1 Å². The van der Waals surface area contributed by atoms with E-state index in [0.29, 0.717) is 38.1 Å². The Bertz CT molecular complexity index is 892. The quantitative estimate of drug-likeness (QED) is 0.643. The molecule has 1 saturated heterocycles. The van der Waals surface area contributed by atoms with Gasteiger partial charge >= 0.3 is 5.97 Å². The average molecular weight is 416 g/mol. The van der Waals surface area contributed by atoms with Crippen LogP contribution in [0.1, 0.15) is 61.8 Å². The zero-order valence-electron chi connectivity index (χ0n) is 18.0. The van der Waals surface area contributed by atoms with Gasteiger partial charge in [-0.1, -0.05) is 20.3 Å². The molecule has 162 valence electrons. The Labute approximate surface area is 177 Å². The molecule has 7 heteroatoms. The van der Waals surface area contributed by atoms with Crippen molar-refractivity contribution in [2.24, 2.45) is 5.92 Å². The molecule has 1 aliphatic rings. The summed E-state index contributed by atoms with van der Waals surface area (Å²) in [6.07, 6.45) is 3.66. The first kappa shape index (κ1) is 22.0. The second-order valence-corrected chi connectivity index (χ2v) is 7.60. The van der Waals surface area contributed by atoms with Crippen molar-refractivity contribution < 1.29 is 18.7 Å². The maximum absolute atomic E-state index is 13.6. The van der Waals surface area contributed by atoms with Crippen molar-refractivity contribution in [2.75, 3.05) is 19.7 Å². The predicted octanol–water partition coefficient (Wildman–Crippen LogP) is 3.94. The van der Waals surface area contributed by atoms with Crippen LogP contribution in [0.5, 0.6) is 0 Å². The number of halogens is 1. The summed E-state index contributed by atoms with van der Waals surface area (Å²) >= 11 is 0. The number of piperidine rings is 1. The van der Waals surface area contributed by atoms with E-state index in [-0.39, 0.29) is 23.6 Å². The maximum atomic E-state index is 13.6. The van der Waals surface area contributed by atoms with Gasteiger partial charge in [0.05, 0.1) is 35.2 Å². The van der Waals surface area contributed by atoms with E-state index in [2.05, 4.69) is 6.92 Å². The van der Waals surface area contributed by atoms with E-state index in [1.54, 1.807) is 28.6 Å². The number of hydrogen-bond donors (Lipinski definition) is 0. The smallest absolute Gasteiger partial charge is 0.310 e. The minimum atomic E-state index is -0.313.